The maximum absolute atomic E-state index is 12.9. The van der Waals surface area contributed by atoms with Crippen LogP contribution in [0.2, 0.25) is 10.0 Å². The van der Waals surface area contributed by atoms with Crippen LogP contribution in [0.25, 0.3) is 5.69 Å². The minimum absolute atomic E-state index is 0.163. The number of nitrogens with zero attached hydrogens (tertiary/aromatic N) is 5. The second-order valence-corrected chi connectivity index (χ2v) is 8.81. The molecule has 9 heteroatoms. The van der Waals surface area contributed by atoms with Crippen molar-refractivity contribution >= 4 is 28.9 Å². The molecule has 5 rings (SSSR count). The summed E-state index contributed by atoms with van der Waals surface area (Å²) in [7, 11) is 0. The van der Waals surface area contributed by atoms with E-state index in [1.165, 1.54) is 4.68 Å². The summed E-state index contributed by atoms with van der Waals surface area (Å²) in [6, 6.07) is 5.37. The van der Waals surface area contributed by atoms with Gasteiger partial charge in [0.15, 0.2) is 5.82 Å². The van der Waals surface area contributed by atoms with Gasteiger partial charge in [0, 0.05) is 29.9 Å². The fourth-order valence-electron chi connectivity index (χ4n) is 3.83. The molecule has 0 unspecified atom stereocenters. The number of benzene rings is 1. The molecule has 2 fully saturated rings. The Labute approximate surface area is 183 Å². The van der Waals surface area contributed by atoms with Crippen molar-refractivity contribution in [3.05, 3.63) is 62.1 Å². The first-order valence-electron chi connectivity index (χ1n) is 10.1. The van der Waals surface area contributed by atoms with Crippen LogP contribution in [0.4, 0.5) is 5.69 Å². The number of hydrogen-bond donors (Lipinski definition) is 0. The maximum Gasteiger partial charge on any atom is 0.292 e. The molecule has 3 heterocycles. The van der Waals surface area contributed by atoms with E-state index in [4.69, 9.17) is 27.7 Å². The molecule has 0 amide bonds. The van der Waals surface area contributed by atoms with E-state index in [0.717, 1.165) is 56.1 Å². The molecule has 0 spiro atoms. The Morgan fingerprint density at radius 2 is 1.87 bits per heavy atom. The molecule has 0 bridgehead atoms. The number of hydrogen-bond acceptors (Lipinski definition) is 6. The van der Waals surface area contributed by atoms with Crippen molar-refractivity contribution in [1.82, 2.24) is 19.9 Å². The second kappa shape index (κ2) is 7.71. The van der Waals surface area contributed by atoms with E-state index in [1.54, 1.807) is 18.3 Å². The van der Waals surface area contributed by atoms with Crippen molar-refractivity contribution in [2.45, 2.75) is 44.4 Å². The van der Waals surface area contributed by atoms with Crippen molar-refractivity contribution < 1.29 is 4.52 Å². The van der Waals surface area contributed by atoms with Gasteiger partial charge in [-0.3, -0.25) is 4.79 Å². The van der Waals surface area contributed by atoms with E-state index in [1.807, 2.05) is 13.0 Å². The Balaban J connectivity index is 1.33. The molecule has 1 aliphatic carbocycles. The van der Waals surface area contributed by atoms with Gasteiger partial charge in [-0.1, -0.05) is 34.4 Å². The van der Waals surface area contributed by atoms with Crippen LogP contribution >= 0.6 is 23.2 Å². The molecule has 2 aliphatic rings. The van der Waals surface area contributed by atoms with Gasteiger partial charge >= 0.3 is 0 Å². The van der Waals surface area contributed by atoms with Crippen LogP contribution in [0.3, 0.4) is 0 Å². The van der Waals surface area contributed by atoms with Gasteiger partial charge in [-0.05, 0) is 50.3 Å². The fourth-order valence-corrected chi connectivity index (χ4v) is 4.25. The largest absolute Gasteiger partial charge is 0.369 e. The summed E-state index contributed by atoms with van der Waals surface area (Å²) in [6.07, 6.45) is 5.68. The zero-order valence-corrected chi connectivity index (χ0v) is 18.0. The highest BCUT2D eigenvalue weighted by Gasteiger charge is 2.32. The van der Waals surface area contributed by atoms with Crippen molar-refractivity contribution in [1.29, 1.82) is 0 Å². The lowest BCUT2D eigenvalue weighted by Crippen LogP contribution is -2.35. The van der Waals surface area contributed by atoms with E-state index in [9.17, 15) is 4.79 Å². The highest BCUT2D eigenvalue weighted by molar-refractivity contribution is 6.33. The Bertz CT molecular complexity index is 1150. The monoisotopic (exact) mass is 445 g/mol. The third-order valence-electron chi connectivity index (χ3n) is 5.89. The molecule has 1 saturated heterocycles. The Hall–Kier alpha value is -2.38. The molecule has 3 aromatic rings. The SMILES string of the molecule is Cc1ccc(-n2ncc(N3CCC(c4noc(C5CC5)n4)CC3)c(Cl)c2=O)cc1Cl. The summed E-state index contributed by atoms with van der Waals surface area (Å²) in [5.74, 6) is 2.30. The van der Waals surface area contributed by atoms with Crippen LogP contribution in [0.5, 0.6) is 0 Å². The highest BCUT2D eigenvalue weighted by Crippen LogP contribution is 2.40. The van der Waals surface area contributed by atoms with Crippen LogP contribution in [0.1, 0.15) is 54.8 Å². The number of piperidine rings is 1. The van der Waals surface area contributed by atoms with Crippen LogP contribution in [0, 0.1) is 6.92 Å². The molecule has 2 aromatic heterocycles. The van der Waals surface area contributed by atoms with Gasteiger partial charge < -0.3 is 9.42 Å². The molecule has 1 saturated carbocycles. The average molecular weight is 446 g/mol. The summed E-state index contributed by atoms with van der Waals surface area (Å²) < 4.78 is 6.68. The summed E-state index contributed by atoms with van der Waals surface area (Å²) >= 11 is 12.7. The predicted molar refractivity (Wildman–Crippen MR) is 115 cm³/mol. The minimum Gasteiger partial charge on any atom is -0.369 e. The summed E-state index contributed by atoms with van der Waals surface area (Å²) in [4.78, 5) is 19.5. The van der Waals surface area contributed by atoms with Gasteiger partial charge in [-0.2, -0.15) is 14.8 Å². The third-order valence-corrected chi connectivity index (χ3v) is 6.65. The molecule has 1 aliphatic heterocycles. The van der Waals surface area contributed by atoms with Crippen LogP contribution < -0.4 is 10.5 Å². The molecule has 30 heavy (non-hydrogen) atoms. The molecule has 7 nitrogen and oxygen atoms in total. The van der Waals surface area contributed by atoms with E-state index in [2.05, 4.69) is 20.1 Å². The van der Waals surface area contributed by atoms with E-state index in [-0.39, 0.29) is 16.5 Å². The minimum atomic E-state index is -0.358. The Morgan fingerprint density at radius 1 is 1.10 bits per heavy atom. The van der Waals surface area contributed by atoms with Crippen LogP contribution in [0.15, 0.2) is 33.7 Å². The van der Waals surface area contributed by atoms with Crippen molar-refractivity contribution in [3.8, 4) is 5.69 Å². The smallest absolute Gasteiger partial charge is 0.292 e. The second-order valence-electron chi connectivity index (χ2n) is 8.02. The van der Waals surface area contributed by atoms with Gasteiger partial charge in [0.1, 0.15) is 5.02 Å². The van der Waals surface area contributed by atoms with Gasteiger partial charge in [0.2, 0.25) is 5.89 Å². The molecular weight excluding hydrogens is 425 g/mol. The normalized spacial score (nSPS) is 17.5. The van der Waals surface area contributed by atoms with Gasteiger partial charge in [-0.25, -0.2) is 0 Å². The number of aryl methyl sites for hydroxylation is 1. The molecule has 1 aromatic carbocycles. The van der Waals surface area contributed by atoms with E-state index >= 15 is 0 Å². The Kier molecular flexibility index (Phi) is 5.03. The lowest BCUT2D eigenvalue weighted by molar-refractivity contribution is 0.365. The zero-order valence-electron chi connectivity index (χ0n) is 16.5. The molecule has 156 valence electrons. The standard InChI is InChI=1S/C21H21Cl2N5O2/c1-12-2-5-15(10-16(12)22)28-21(29)18(23)17(11-24-28)27-8-6-13(7-9-27)19-25-20(30-26-19)14-3-4-14/h2,5,10-11,13-14H,3-4,6-9H2,1H3. The topological polar surface area (TPSA) is 77.1 Å². The quantitative estimate of drug-likeness (QED) is 0.588. The maximum atomic E-state index is 12.9. The number of aromatic nitrogens is 4. The first kappa shape index (κ1) is 19.6. The lowest BCUT2D eigenvalue weighted by atomic mass is 9.96. The summed E-state index contributed by atoms with van der Waals surface area (Å²) in [6.45, 7) is 3.40. The number of halogens is 2. The van der Waals surface area contributed by atoms with Gasteiger partial charge in [0.25, 0.3) is 5.56 Å². The van der Waals surface area contributed by atoms with Crippen molar-refractivity contribution in [2.75, 3.05) is 18.0 Å². The fraction of sp³-hybridized carbons (Fsp3) is 0.429. The molecule has 0 N–H and O–H groups in total. The van der Waals surface area contributed by atoms with Gasteiger partial charge in [-0.15, -0.1) is 0 Å². The average Bonchev–Trinajstić information content (AvgIpc) is 3.49. The van der Waals surface area contributed by atoms with Crippen LogP contribution in [-0.2, 0) is 0 Å². The van der Waals surface area contributed by atoms with Crippen molar-refractivity contribution in [3.63, 3.8) is 0 Å². The summed E-state index contributed by atoms with van der Waals surface area (Å²) in [5.41, 5.74) is 1.82. The summed E-state index contributed by atoms with van der Waals surface area (Å²) in [5, 5.41) is 9.26. The molecule has 0 radical (unpaired) electrons. The van der Waals surface area contributed by atoms with E-state index in [0.29, 0.717) is 22.3 Å². The number of rotatable bonds is 4. The number of anilines is 1. The zero-order chi connectivity index (χ0) is 20.8. The first-order valence-corrected chi connectivity index (χ1v) is 10.9. The van der Waals surface area contributed by atoms with Gasteiger partial charge in [0.05, 0.1) is 17.6 Å². The van der Waals surface area contributed by atoms with Crippen molar-refractivity contribution in [2.24, 2.45) is 0 Å². The Morgan fingerprint density at radius 3 is 2.57 bits per heavy atom. The highest BCUT2D eigenvalue weighted by atomic mass is 35.5. The van der Waals surface area contributed by atoms with E-state index < -0.39 is 0 Å². The molecular formula is C21H21Cl2N5O2. The third kappa shape index (κ3) is 3.61. The lowest BCUT2D eigenvalue weighted by Gasteiger charge is -2.32. The molecule has 0 atom stereocenters. The first-order chi connectivity index (χ1) is 14.5. The predicted octanol–water partition coefficient (Wildman–Crippen LogP) is 4.49. The van der Waals surface area contributed by atoms with Crippen LogP contribution in [-0.4, -0.2) is 33.0 Å².